The largest absolute Gasteiger partial charge is 0.494 e. The smallest absolute Gasteiger partial charge is 0.179 e. The molecule has 0 spiro atoms. The molecule has 1 rings (SSSR count). The van der Waals surface area contributed by atoms with E-state index in [9.17, 15) is 4.39 Å². The van der Waals surface area contributed by atoms with Crippen molar-refractivity contribution in [2.45, 2.75) is 19.4 Å². The molecule has 0 aliphatic rings. The number of benzene rings is 1. The molecule has 0 aromatic heterocycles. The highest BCUT2D eigenvalue weighted by molar-refractivity contribution is 9.10. The van der Waals surface area contributed by atoms with Crippen LogP contribution in [0.25, 0.3) is 0 Å². The monoisotopic (exact) mass is 261 g/mol. The van der Waals surface area contributed by atoms with E-state index in [4.69, 9.17) is 10.5 Å². The highest BCUT2D eigenvalue weighted by atomic mass is 79.9. The first-order valence-corrected chi connectivity index (χ1v) is 4.98. The van der Waals surface area contributed by atoms with Crippen LogP contribution < -0.4 is 10.5 Å². The Balaban J connectivity index is 3.30. The van der Waals surface area contributed by atoms with Gasteiger partial charge < -0.3 is 10.5 Å². The Morgan fingerprint density at radius 1 is 1.43 bits per heavy atom. The minimum Gasteiger partial charge on any atom is -0.494 e. The van der Waals surface area contributed by atoms with Gasteiger partial charge in [0, 0.05) is 5.54 Å². The van der Waals surface area contributed by atoms with Crippen molar-refractivity contribution in [3.63, 3.8) is 0 Å². The van der Waals surface area contributed by atoms with Crippen molar-refractivity contribution in [2.75, 3.05) is 7.11 Å². The lowest BCUT2D eigenvalue weighted by molar-refractivity contribution is 0.382. The maximum absolute atomic E-state index is 13.4. The van der Waals surface area contributed by atoms with Crippen LogP contribution in [-0.4, -0.2) is 7.11 Å². The number of hydrogen-bond acceptors (Lipinski definition) is 2. The molecule has 14 heavy (non-hydrogen) atoms. The minimum atomic E-state index is -0.510. The lowest BCUT2D eigenvalue weighted by atomic mass is 9.95. The minimum absolute atomic E-state index is 0.202. The number of methoxy groups -OCH3 is 1. The molecule has 0 radical (unpaired) electrons. The Morgan fingerprint density at radius 2 is 2.00 bits per heavy atom. The molecule has 1 aromatic carbocycles. The van der Waals surface area contributed by atoms with Crippen LogP contribution in [0.5, 0.6) is 5.75 Å². The highest BCUT2D eigenvalue weighted by Gasteiger charge is 2.18. The quantitative estimate of drug-likeness (QED) is 0.889. The normalized spacial score (nSPS) is 11.6. The van der Waals surface area contributed by atoms with Crippen LogP contribution in [0.2, 0.25) is 0 Å². The van der Waals surface area contributed by atoms with Gasteiger partial charge in [-0.15, -0.1) is 0 Å². The summed E-state index contributed by atoms with van der Waals surface area (Å²) in [7, 11) is 1.43. The van der Waals surface area contributed by atoms with Gasteiger partial charge in [0.2, 0.25) is 0 Å². The first kappa shape index (κ1) is 11.5. The van der Waals surface area contributed by atoms with Crippen molar-refractivity contribution < 1.29 is 9.13 Å². The van der Waals surface area contributed by atoms with Crippen molar-refractivity contribution in [2.24, 2.45) is 5.73 Å². The first-order valence-electron chi connectivity index (χ1n) is 4.18. The third-order valence-corrected chi connectivity index (χ3v) is 2.54. The zero-order valence-corrected chi connectivity index (χ0v) is 9.98. The molecule has 0 saturated heterocycles. The maximum Gasteiger partial charge on any atom is 0.179 e. The fraction of sp³-hybridized carbons (Fsp3) is 0.400. The molecule has 0 amide bonds. The molecule has 0 heterocycles. The molecule has 0 atom stereocenters. The summed E-state index contributed by atoms with van der Waals surface area (Å²) in [6.07, 6.45) is 0. The van der Waals surface area contributed by atoms with Gasteiger partial charge in [-0.2, -0.15) is 0 Å². The second-order valence-corrected chi connectivity index (χ2v) is 4.55. The summed E-state index contributed by atoms with van der Waals surface area (Å²) >= 11 is 3.12. The highest BCUT2D eigenvalue weighted by Crippen LogP contribution is 2.30. The van der Waals surface area contributed by atoms with Crippen molar-refractivity contribution >= 4 is 15.9 Å². The van der Waals surface area contributed by atoms with Gasteiger partial charge in [0.1, 0.15) is 0 Å². The Hall–Kier alpha value is -0.610. The molecule has 0 unspecified atom stereocenters. The van der Waals surface area contributed by atoms with Gasteiger partial charge in [0.05, 0.1) is 11.6 Å². The molecule has 1 aromatic rings. The maximum atomic E-state index is 13.4. The Morgan fingerprint density at radius 3 is 2.43 bits per heavy atom. The molecule has 2 nitrogen and oxygen atoms in total. The van der Waals surface area contributed by atoms with Crippen molar-refractivity contribution in [3.05, 3.63) is 28.0 Å². The van der Waals surface area contributed by atoms with E-state index >= 15 is 0 Å². The predicted molar refractivity (Wildman–Crippen MR) is 57.9 cm³/mol. The zero-order valence-electron chi connectivity index (χ0n) is 8.40. The molecule has 78 valence electrons. The molecule has 0 bridgehead atoms. The molecule has 4 heteroatoms. The molecule has 0 aliphatic carbocycles. The molecule has 0 fully saturated rings. The average molecular weight is 262 g/mol. The van der Waals surface area contributed by atoms with E-state index in [1.165, 1.54) is 7.11 Å². The van der Waals surface area contributed by atoms with Crippen LogP contribution in [0.1, 0.15) is 19.4 Å². The summed E-state index contributed by atoms with van der Waals surface area (Å²) < 4.78 is 18.6. The number of nitrogens with two attached hydrogens (primary N) is 1. The van der Waals surface area contributed by atoms with Crippen LogP contribution in [0.4, 0.5) is 4.39 Å². The van der Waals surface area contributed by atoms with Gasteiger partial charge in [-0.05, 0) is 47.5 Å². The van der Waals surface area contributed by atoms with Crippen molar-refractivity contribution in [1.29, 1.82) is 0 Å². The lowest BCUT2D eigenvalue weighted by Crippen LogP contribution is -2.28. The molecular weight excluding hydrogens is 249 g/mol. The van der Waals surface area contributed by atoms with Crippen LogP contribution in [0, 0.1) is 5.82 Å². The van der Waals surface area contributed by atoms with E-state index in [1.807, 2.05) is 13.8 Å². The van der Waals surface area contributed by atoms with E-state index in [2.05, 4.69) is 15.9 Å². The second kappa shape index (κ2) is 3.87. The lowest BCUT2D eigenvalue weighted by Gasteiger charge is -2.20. The van der Waals surface area contributed by atoms with Crippen LogP contribution in [-0.2, 0) is 5.54 Å². The number of hydrogen-bond donors (Lipinski definition) is 1. The van der Waals surface area contributed by atoms with Gasteiger partial charge in [0.25, 0.3) is 0 Å². The summed E-state index contributed by atoms with van der Waals surface area (Å²) in [4.78, 5) is 0. The fourth-order valence-corrected chi connectivity index (χ4v) is 1.53. The Labute approximate surface area is 91.4 Å². The molecule has 2 N–H and O–H groups in total. The Bertz CT molecular complexity index is 347. The summed E-state index contributed by atoms with van der Waals surface area (Å²) in [6, 6.07) is 3.28. The summed E-state index contributed by atoms with van der Waals surface area (Å²) in [5, 5.41) is 0. The van der Waals surface area contributed by atoms with Gasteiger partial charge in [-0.1, -0.05) is 0 Å². The van der Waals surface area contributed by atoms with Gasteiger partial charge in [0.15, 0.2) is 11.6 Å². The van der Waals surface area contributed by atoms with Gasteiger partial charge in [-0.25, -0.2) is 4.39 Å². The summed E-state index contributed by atoms with van der Waals surface area (Å²) in [6.45, 7) is 3.71. The van der Waals surface area contributed by atoms with Crippen LogP contribution >= 0.6 is 15.9 Å². The standard InChI is InChI=1S/C10H13BrFNO/c1-10(2,13)6-4-7(11)9(12)8(5-6)14-3/h4-5H,13H2,1-3H3. The average Bonchev–Trinajstić information content (AvgIpc) is 2.07. The number of ether oxygens (including phenoxy) is 1. The molecule has 0 aliphatic heterocycles. The van der Waals surface area contributed by atoms with E-state index in [-0.39, 0.29) is 5.75 Å². The first-order chi connectivity index (χ1) is 6.36. The van der Waals surface area contributed by atoms with E-state index in [1.54, 1.807) is 12.1 Å². The Kier molecular flexibility index (Phi) is 3.17. The van der Waals surface area contributed by atoms with Gasteiger partial charge >= 0.3 is 0 Å². The summed E-state index contributed by atoms with van der Waals surface area (Å²) in [5.74, 6) is -0.201. The second-order valence-electron chi connectivity index (χ2n) is 3.70. The molecular formula is C10H13BrFNO. The van der Waals surface area contributed by atoms with Crippen molar-refractivity contribution in [1.82, 2.24) is 0 Å². The van der Waals surface area contributed by atoms with E-state index in [0.717, 1.165) is 5.56 Å². The number of rotatable bonds is 2. The van der Waals surface area contributed by atoms with Gasteiger partial charge in [-0.3, -0.25) is 0 Å². The predicted octanol–water partition coefficient (Wildman–Crippen LogP) is 2.79. The summed E-state index contributed by atoms with van der Waals surface area (Å²) in [5.41, 5.74) is 6.21. The third kappa shape index (κ3) is 2.25. The van der Waals surface area contributed by atoms with Crippen LogP contribution in [0.15, 0.2) is 16.6 Å². The van der Waals surface area contributed by atoms with E-state index in [0.29, 0.717) is 4.47 Å². The SMILES string of the molecule is COc1cc(C(C)(C)N)cc(Br)c1F. The van der Waals surface area contributed by atoms with Crippen LogP contribution in [0.3, 0.4) is 0 Å². The van der Waals surface area contributed by atoms with Crippen molar-refractivity contribution in [3.8, 4) is 5.75 Å². The zero-order chi connectivity index (χ0) is 10.9. The molecule has 0 saturated carbocycles. The van der Waals surface area contributed by atoms with E-state index < -0.39 is 11.4 Å². The fourth-order valence-electron chi connectivity index (χ4n) is 1.08. The topological polar surface area (TPSA) is 35.2 Å². The third-order valence-electron chi connectivity index (χ3n) is 1.96. The number of halogens is 2.